The Bertz CT molecular complexity index is 798. The maximum absolute atomic E-state index is 13.7. The van der Waals surface area contributed by atoms with Crippen molar-refractivity contribution in [1.29, 1.82) is 0 Å². The molecule has 0 aliphatic rings. The smallest absolute Gasteiger partial charge is 0.261 e. The van der Waals surface area contributed by atoms with E-state index in [-0.39, 0.29) is 23.8 Å². The van der Waals surface area contributed by atoms with Crippen molar-refractivity contribution in [3.8, 4) is 5.75 Å². The molecule has 2 aromatic rings. The van der Waals surface area contributed by atoms with E-state index in [9.17, 15) is 14.0 Å². The SMILES string of the molecule is CC[C@@H](Oc1ccccc1F)C(=O)NCCc1nc(C)ncc1C(N)=O. The topological polar surface area (TPSA) is 107 Å². The number of hydrogen-bond acceptors (Lipinski definition) is 5. The Morgan fingerprint density at radius 2 is 2.08 bits per heavy atom. The number of benzene rings is 1. The number of ether oxygens (including phenoxy) is 1. The molecule has 0 saturated carbocycles. The molecule has 8 heteroatoms. The van der Waals surface area contributed by atoms with Gasteiger partial charge in [0.25, 0.3) is 11.8 Å². The third-order valence-corrected chi connectivity index (χ3v) is 3.68. The number of aryl methyl sites for hydroxylation is 1. The number of primary amides is 1. The van der Waals surface area contributed by atoms with E-state index >= 15 is 0 Å². The molecule has 0 saturated heterocycles. The highest BCUT2D eigenvalue weighted by Crippen LogP contribution is 2.18. The van der Waals surface area contributed by atoms with Gasteiger partial charge in [0.2, 0.25) is 0 Å². The minimum absolute atomic E-state index is 0.0249. The highest BCUT2D eigenvalue weighted by atomic mass is 19.1. The van der Waals surface area contributed by atoms with E-state index in [0.29, 0.717) is 24.4 Å². The Balaban J connectivity index is 1.96. The minimum atomic E-state index is -0.824. The van der Waals surface area contributed by atoms with Crippen LogP contribution in [0.1, 0.15) is 35.2 Å². The van der Waals surface area contributed by atoms with Crippen LogP contribution in [0.3, 0.4) is 0 Å². The van der Waals surface area contributed by atoms with Crippen molar-refractivity contribution in [3.63, 3.8) is 0 Å². The van der Waals surface area contributed by atoms with Gasteiger partial charge in [0.15, 0.2) is 17.7 Å². The second-order valence-electron chi connectivity index (χ2n) is 5.63. The van der Waals surface area contributed by atoms with Crippen LogP contribution in [0.4, 0.5) is 4.39 Å². The summed E-state index contributed by atoms with van der Waals surface area (Å²) in [5, 5.41) is 2.71. The van der Waals surface area contributed by atoms with Crippen LogP contribution in [0.25, 0.3) is 0 Å². The number of carbonyl (C=O) groups is 2. The van der Waals surface area contributed by atoms with Gasteiger partial charge in [-0.25, -0.2) is 14.4 Å². The molecule has 0 radical (unpaired) electrons. The van der Waals surface area contributed by atoms with Crippen molar-refractivity contribution in [2.45, 2.75) is 32.8 Å². The molecule has 7 nitrogen and oxygen atoms in total. The lowest BCUT2D eigenvalue weighted by molar-refractivity contribution is -0.128. The molecule has 2 rings (SSSR count). The lowest BCUT2D eigenvalue weighted by Gasteiger charge is -2.17. The summed E-state index contributed by atoms with van der Waals surface area (Å²) in [7, 11) is 0. The zero-order valence-electron chi connectivity index (χ0n) is 14.7. The lowest BCUT2D eigenvalue weighted by Crippen LogP contribution is -2.39. The second-order valence-corrected chi connectivity index (χ2v) is 5.63. The van der Waals surface area contributed by atoms with Crippen molar-refractivity contribution in [2.24, 2.45) is 5.73 Å². The largest absolute Gasteiger partial charge is 0.478 e. The number of nitrogens with zero attached hydrogens (tertiary/aromatic N) is 2. The number of para-hydroxylation sites is 1. The number of nitrogens with two attached hydrogens (primary N) is 1. The fourth-order valence-corrected chi connectivity index (χ4v) is 2.35. The van der Waals surface area contributed by atoms with Gasteiger partial charge in [0, 0.05) is 19.2 Å². The zero-order chi connectivity index (χ0) is 19.1. The Hall–Kier alpha value is -3.03. The van der Waals surface area contributed by atoms with Crippen molar-refractivity contribution in [2.75, 3.05) is 6.54 Å². The molecule has 26 heavy (non-hydrogen) atoms. The number of aromatic nitrogens is 2. The highest BCUT2D eigenvalue weighted by Gasteiger charge is 2.20. The molecule has 1 heterocycles. The van der Waals surface area contributed by atoms with E-state index in [0.717, 1.165) is 0 Å². The molecule has 1 atom stereocenters. The number of carbonyl (C=O) groups excluding carboxylic acids is 2. The molecule has 0 aliphatic heterocycles. The second kappa shape index (κ2) is 8.89. The third kappa shape index (κ3) is 4.98. The van der Waals surface area contributed by atoms with E-state index in [2.05, 4.69) is 15.3 Å². The molecule has 3 N–H and O–H groups in total. The first kappa shape index (κ1) is 19.3. The molecular formula is C18H21FN4O3. The summed E-state index contributed by atoms with van der Waals surface area (Å²) in [6.07, 6.45) is 1.23. The molecule has 1 aromatic carbocycles. The molecule has 0 aliphatic carbocycles. The van der Waals surface area contributed by atoms with Gasteiger partial charge in [0.1, 0.15) is 5.82 Å². The monoisotopic (exact) mass is 360 g/mol. The lowest BCUT2D eigenvalue weighted by atomic mass is 10.1. The zero-order valence-corrected chi connectivity index (χ0v) is 14.7. The molecule has 138 valence electrons. The first-order chi connectivity index (χ1) is 12.4. The van der Waals surface area contributed by atoms with E-state index in [4.69, 9.17) is 10.5 Å². The first-order valence-corrected chi connectivity index (χ1v) is 8.23. The Labute approximate surface area is 150 Å². The number of hydrogen-bond donors (Lipinski definition) is 2. The average molecular weight is 360 g/mol. The van der Waals surface area contributed by atoms with Gasteiger partial charge in [-0.3, -0.25) is 9.59 Å². The molecule has 0 spiro atoms. The molecule has 0 fully saturated rings. The molecule has 0 bridgehead atoms. The highest BCUT2D eigenvalue weighted by molar-refractivity contribution is 5.93. The van der Waals surface area contributed by atoms with E-state index in [1.165, 1.54) is 18.3 Å². The maximum atomic E-state index is 13.7. The average Bonchev–Trinajstić information content (AvgIpc) is 2.60. The standard InChI is InChI=1S/C18H21FN4O3/c1-3-15(26-16-7-5-4-6-13(16)19)18(25)21-9-8-14-12(17(20)24)10-22-11(2)23-14/h4-7,10,15H,3,8-9H2,1-2H3,(H2,20,24)(H,21,25)/t15-/m1/s1. The normalized spacial score (nSPS) is 11.7. The van der Waals surface area contributed by atoms with Crippen LogP contribution >= 0.6 is 0 Å². The van der Waals surface area contributed by atoms with Gasteiger partial charge in [-0.2, -0.15) is 0 Å². The summed E-state index contributed by atoms with van der Waals surface area (Å²) in [6.45, 7) is 3.69. The van der Waals surface area contributed by atoms with Crippen LogP contribution in [-0.2, 0) is 11.2 Å². The maximum Gasteiger partial charge on any atom is 0.261 e. The van der Waals surface area contributed by atoms with Crippen molar-refractivity contribution in [1.82, 2.24) is 15.3 Å². The van der Waals surface area contributed by atoms with E-state index in [1.54, 1.807) is 26.0 Å². The van der Waals surface area contributed by atoms with Crippen LogP contribution in [0.5, 0.6) is 5.75 Å². The molecule has 2 amide bonds. The van der Waals surface area contributed by atoms with Gasteiger partial charge in [-0.05, 0) is 25.5 Å². The summed E-state index contributed by atoms with van der Waals surface area (Å²) in [5.41, 5.74) is 5.99. The van der Waals surface area contributed by atoms with Gasteiger partial charge in [-0.15, -0.1) is 0 Å². The Morgan fingerprint density at radius 3 is 2.73 bits per heavy atom. The first-order valence-electron chi connectivity index (χ1n) is 8.23. The fraction of sp³-hybridized carbons (Fsp3) is 0.333. The van der Waals surface area contributed by atoms with E-state index < -0.39 is 17.8 Å². The minimum Gasteiger partial charge on any atom is -0.478 e. The molecule has 0 unspecified atom stereocenters. The summed E-state index contributed by atoms with van der Waals surface area (Å²) < 4.78 is 19.1. The van der Waals surface area contributed by atoms with Crippen molar-refractivity contribution < 1.29 is 18.7 Å². The quantitative estimate of drug-likeness (QED) is 0.742. The molecule has 1 aromatic heterocycles. The van der Waals surface area contributed by atoms with Crippen molar-refractivity contribution in [3.05, 3.63) is 53.4 Å². The van der Waals surface area contributed by atoms with Crippen LogP contribution in [0.2, 0.25) is 0 Å². The van der Waals surface area contributed by atoms with Crippen LogP contribution < -0.4 is 15.8 Å². The Morgan fingerprint density at radius 1 is 1.35 bits per heavy atom. The summed E-state index contributed by atoms with van der Waals surface area (Å²) >= 11 is 0. The van der Waals surface area contributed by atoms with Gasteiger partial charge < -0.3 is 15.8 Å². The summed E-state index contributed by atoms with van der Waals surface area (Å²) in [6, 6.07) is 5.91. The number of amides is 2. The predicted octanol–water partition coefficient (Wildman–Crippen LogP) is 1.54. The van der Waals surface area contributed by atoms with Gasteiger partial charge >= 0.3 is 0 Å². The fourth-order valence-electron chi connectivity index (χ4n) is 2.35. The van der Waals surface area contributed by atoms with Crippen LogP contribution in [0.15, 0.2) is 30.5 Å². The molecular weight excluding hydrogens is 339 g/mol. The van der Waals surface area contributed by atoms with Gasteiger partial charge in [0.05, 0.1) is 11.3 Å². The number of rotatable bonds is 8. The van der Waals surface area contributed by atoms with Crippen LogP contribution in [-0.4, -0.2) is 34.4 Å². The number of halogens is 1. The number of nitrogens with one attached hydrogen (secondary N) is 1. The predicted molar refractivity (Wildman–Crippen MR) is 93.1 cm³/mol. The Kier molecular flexibility index (Phi) is 6.60. The summed E-state index contributed by atoms with van der Waals surface area (Å²) in [5.74, 6) is -0.994. The summed E-state index contributed by atoms with van der Waals surface area (Å²) in [4.78, 5) is 31.8. The van der Waals surface area contributed by atoms with Crippen LogP contribution in [0, 0.1) is 12.7 Å². The third-order valence-electron chi connectivity index (χ3n) is 3.68. The van der Waals surface area contributed by atoms with Gasteiger partial charge in [-0.1, -0.05) is 19.1 Å². The van der Waals surface area contributed by atoms with Crippen molar-refractivity contribution >= 4 is 11.8 Å². The van der Waals surface area contributed by atoms with E-state index in [1.807, 2.05) is 0 Å².